The number of nitrogens with one attached hydrogen (secondary N) is 1. The zero-order valence-electron chi connectivity index (χ0n) is 15.1. The number of non-ortho nitro benzene ring substituents is 1. The smallest absolute Gasteiger partial charge is 0.416 e. The second-order valence-electron chi connectivity index (χ2n) is 5.98. The van der Waals surface area contributed by atoms with Gasteiger partial charge in [-0.3, -0.25) is 25.7 Å². The summed E-state index contributed by atoms with van der Waals surface area (Å²) < 4.78 is 43.7. The average Bonchev–Trinajstić information content (AvgIpc) is 3.16. The summed E-state index contributed by atoms with van der Waals surface area (Å²) in [5, 5.41) is 25.9. The summed E-state index contributed by atoms with van der Waals surface area (Å²) >= 11 is 6.05. The lowest BCUT2D eigenvalue weighted by Gasteiger charge is -2.08. The zero-order chi connectivity index (χ0) is 22.8. The van der Waals surface area contributed by atoms with Crippen molar-refractivity contribution >= 4 is 34.9 Å². The predicted octanol–water partition coefficient (Wildman–Crippen LogP) is 5.88. The van der Waals surface area contributed by atoms with Crippen LogP contribution in [0.4, 0.5) is 30.2 Å². The third kappa shape index (κ3) is 4.98. The fraction of sp³-hybridized carbons (Fsp3) is 0.0556. The van der Waals surface area contributed by atoms with E-state index in [0.717, 1.165) is 12.3 Å². The summed E-state index contributed by atoms with van der Waals surface area (Å²) in [6, 6.07) is 8.70. The van der Waals surface area contributed by atoms with E-state index in [1.165, 1.54) is 30.3 Å². The van der Waals surface area contributed by atoms with Crippen molar-refractivity contribution in [2.45, 2.75) is 6.18 Å². The highest BCUT2D eigenvalue weighted by Crippen LogP contribution is 2.35. The first kappa shape index (κ1) is 21.8. The van der Waals surface area contributed by atoms with E-state index in [4.69, 9.17) is 16.0 Å². The Hall–Kier alpha value is -3.93. The molecular formula is C18H10ClF3N4O5. The van der Waals surface area contributed by atoms with Gasteiger partial charge in [0.2, 0.25) is 0 Å². The third-order valence-corrected chi connectivity index (χ3v) is 4.28. The van der Waals surface area contributed by atoms with Crippen molar-refractivity contribution in [3.63, 3.8) is 0 Å². The summed E-state index contributed by atoms with van der Waals surface area (Å²) in [7, 11) is 0. The van der Waals surface area contributed by atoms with E-state index in [9.17, 15) is 33.4 Å². The summed E-state index contributed by atoms with van der Waals surface area (Å²) in [6.45, 7) is 0. The van der Waals surface area contributed by atoms with Crippen LogP contribution in [0.15, 0.2) is 58.0 Å². The maximum absolute atomic E-state index is 12.7. The topological polar surface area (TPSA) is 124 Å². The zero-order valence-corrected chi connectivity index (χ0v) is 15.8. The van der Waals surface area contributed by atoms with Crippen LogP contribution in [0.1, 0.15) is 11.3 Å². The molecule has 0 fully saturated rings. The van der Waals surface area contributed by atoms with Crippen LogP contribution in [-0.4, -0.2) is 16.1 Å². The summed E-state index contributed by atoms with van der Waals surface area (Å²) in [4.78, 5) is 20.4. The predicted molar refractivity (Wildman–Crippen MR) is 105 cm³/mol. The van der Waals surface area contributed by atoms with Crippen molar-refractivity contribution in [2.24, 2.45) is 5.10 Å². The van der Waals surface area contributed by atoms with Gasteiger partial charge in [-0.1, -0.05) is 11.6 Å². The number of alkyl halides is 3. The van der Waals surface area contributed by atoms with Crippen LogP contribution < -0.4 is 5.43 Å². The van der Waals surface area contributed by atoms with E-state index < -0.39 is 27.3 Å². The molecule has 160 valence electrons. The van der Waals surface area contributed by atoms with Gasteiger partial charge in [0.25, 0.3) is 11.4 Å². The Bertz CT molecular complexity index is 1190. The van der Waals surface area contributed by atoms with Gasteiger partial charge >= 0.3 is 6.18 Å². The van der Waals surface area contributed by atoms with E-state index in [0.29, 0.717) is 12.1 Å². The van der Waals surface area contributed by atoms with Gasteiger partial charge in [-0.05, 0) is 30.3 Å². The van der Waals surface area contributed by atoms with Gasteiger partial charge in [0.1, 0.15) is 17.2 Å². The van der Waals surface area contributed by atoms with Crippen LogP contribution in [0.3, 0.4) is 0 Å². The first-order valence-electron chi connectivity index (χ1n) is 8.25. The Kier molecular flexibility index (Phi) is 5.92. The Balaban J connectivity index is 1.81. The van der Waals surface area contributed by atoms with Gasteiger partial charge in [0.15, 0.2) is 0 Å². The van der Waals surface area contributed by atoms with Gasteiger partial charge in [-0.2, -0.15) is 18.3 Å². The molecule has 2 aromatic carbocycles. The monoisotopic (exact) mass is 454 g/mol. The number of hydrazone groups is 1. The molecule has 3 aromatic rings. The summed E-state index contributed by atoms with van der Waals surface area (Å²) in [6.07, 6.45) is -3.61. The minimum atomic E-state index is -4.73. The average molecular weight is 455 g/mol. The fourth-order valence-electron chi connectivity index (χ4n) is 2.50. The largest absolute Gasteiger partial charge is 0.455 e. The molecular weight excluding hydrogens is 445 g/mol. The molecule has 0 aliphatic heterocycles. The first-order valence-corrected chi connectivity index (χ1v) is 8.63. The van der Waals surface area contributed by atoms with E-state index in [1.54, 1.807) is 0 Å². The molecule has 0 aliphatic rings. The van der Waals surface area contributed by atoms with Gasteiger partial charge in [-0.15, -0.1) is 0 Å². The number of hydrogen-bond acceptors (Lipinski definition) is 7. The van der Waals surface area contributed by atoms with E-state index in [2.05, 4.69) is 10.5 Å². The number of anilines is 1. The van der Waals surface area contributed by atoms with Crippen LogP contribution in [0.25, 0.3) is 11.3 Å². The minimum Gasteiger partial charge on any atom is -0.455 e. The molecule has 0 bridgehead atoms. The number of halogens is 4. The molecule has 0 atom stereocenters. The Labute approximate surface area is 176 Å². The number of nitro groups is 2. The first-order chi connectivity index (χ1) is 14.6. The highest BCUT2D eigenvalue weighted by Gasteiger charge is 2.33. The van der Waals surface area contributed by atoms with Gasteiger partial charge in [0.05, 0.1) is 26.6 Å². The summed E-state index contributed by atoms with van der Waals surface area (Å²) in [5.41, 5.74) is 0.125. The van der Waals surface area contributed by atoms with Crippen LogP contribution >= 0.6 is 11.6 Å². The third-order valence-electron chi connectivity index (χ3n) is 3.95. The van der Waals surface area contributed by atoms with Crippen molar-refractivity contribution in [1.29, 1.82) is 0 Å². The molecule has 0 saturated carbocycles. The SMILES string of the molecule is O=[N+]([O-])c1ccc(Cl)c(-c2ccc(/C=N\Nc3ccc(C(F)(F)F)cc3[N+](=O)[O-])o2)c1. The fourth-order valence-corrected chi connectivity index (χ4v) is 2.71. The maximum Gasteiger partial charge on any atom is 0.416 e. The van der Waals surface area contributed by atoms with E-state index in [1.807, 2.05) is 0 Å². The quantitative estimate of drug-likeness (QED) is 0.281. The minimum absolute atomic E-state index is 0.152. The Morgan fingerprint density at radius 3 is 2.42 bits per heavy atom. The van der Waals surface area contributed by atoms with E-state index >= 15 is 0 Å². The standard InChI is InChI=1S/C18H10ClF3N4O5/c19-14-4-2-11(25(27)28)8-13(14)17-6-3-12(31-17)9-23-24-15-5-1-10(18(20,21)22)7-16(15)26(29)30/h1-9,24H/b23-9-. The molecule has 0 amide bonds. The number of furan rings is 1. The number of benzene rings is 2. The van der Waals surface area contributed by atoms with E-state index in [-0.39, 0.29) is 33.5 Å². The van der Waals surface area contributed by atoms with Crippen LogP contribution in [-0.2, 0) is 6.18 Å². The molecule has 0 aliphatic carbocycles. The molecule has 1 aromatic heterocycles. The lowest BCUT2D eigenvalue weighted by atomic mass is 10.1. The van der Waals surface area contributed by atoms with Crippen LogP contribution in [0.5, 0.6) is 0 Å². The molecule has 0 saturated heterocycles. The number of hydrogen-bond donors (Lipinski definition) is 1. The molecule has 31 heavy (non-hydrogen) atoms. The lowest BCUT2D eigenvalue weighted by molar-refractivity contribution is -0.384. The Morgan fingerprint density at radius 1 is 1.03 bits per heavy atom. The second-order valence-corrected chi connectivity index (χ2v) is 6.39. The molecule has 0 spiro atoms. The molecule has 3 rings (SSSR count). The van der Waals surface area contributed by atoms with Crippen LogP contribution in [0.2, 0.25) is 5.02 Å². The molecule has 0 radical (unpaired) electrons. The highest BCUT2D eigenvalue weighted by molar-refractivity contribution is 6.33. The molecule has 9 nitrogen and oxygen atoms in total. The van der Waals surface area contributed by atoms with Crippen molar-refractivity contribution in [3.05, 3.63) is 85.1 Å². The Morgan fingerprint density at radius 2 is 1.77 bits per heavy atom. The van der Waals surface area contributed by atoms with Crippen LogP contribution in [0, 0.1) is 20.2 Å². The van der Waals surface area contributed by atoms with Crippen molar-refractivity contribution in [3.8, 4) is 11.3 Å². The normalized spacial score (nSPS) is 11.6. The number of nitro benzene ring substituents is 2. The van der Waals surface area contributed by atoms with Crippen molar-refractivity contribution in [1.82, 2.24) is 0 Å². The molecule has 13 heteroatoms. The second kappa shape index (κ2) is 8.44. The van der Waals surface area contributed by atoms with Gasteiger partial charge < -0.3 is 4.42 Å². The lowest BCUT2D eigenvalue weighted by Crippen LogP contribution is -2.06. The summed E-state index contributed by atoms with van der Waals surface area (Å²) in [5.74, 6) is 0.357. The van der Waals surface area contributed by atoms with Crippen molar-refractivity contribution in [2.75, 3.05) is 5.43 Å². The molecule has 1 heterocycles. The van der Waals surface area contributed by atoms with Crippen molar-refractivity contribution < 1.29 is 27.4 Å². The van der Waals surface area contributed by atoms with Gasteiger partial charge in [-0.25, -0.2) is 0 Å². The number of nitrogens with zero attached hydrogens (tertiary/aromatic N) is 3. The molecule has 0 unspecified atom stereocenters. The van der Waals surface area contributed by atoms with Gasteiger partial charge in [0, 0.05) is 23.8 Å². The maximum atomic E-state index is 12.7. The highest BCUT2D eigenvalue weighted by atomic mass is 35.5. The number of rotatable bonds is 6. The molecule has 1 N–H and O–H groups in total.